The van der Waals surface area contributed by atoms with Crippen molar-refractivity contribution in [3.8, 4) is 0 Å². The first kappa shape index (κ1) is 20.2. The first-order chi connectivity index (χ1) is 13.9. The topological polar surface area (TPSA) is 81.0 Å². The van der Waals surface area contributed by atoms with Crippen LogP contribution in [0.5, 0.6) is 0 Å². The van der Waals surface area contributed by atoms with Gasteiger partial charge in [-0.25, -0.2) is 8.42 Å². The van der Waals surface area contributed by atoms with Gasteiger partial charge in [0.25, 0.3) is 5.91 Å². The molecule has 1 aromatic heterocycles. The van der Waals surface area contributed by atoms with Gasteiger partial charge in [0, 0.05) is 30.7 Å². The summed E-state index contributed by atoms with van der Waals surface area (Å²) >= 11 is 7.39. The Bertz CT molecular complexity index is 1240. The molecule has 7 nitrogen and oxygen atoms in total. The van der Waals surface area contributed by atoms with Crippen LogP contribution in [-0.2, 0) is 21.8 Å². The Morgan fingerprint density at radius 3 is 2.52 bits per heavy atom. The molecule has 0 radical (unpaired) electrons. The first-order valence-electron chi connectivity index (χ1n) is 8.88. The van der Waals surface area contributed by atoms with Gasteiger partial charge in [0.1, 0.15) is 0 Å². The minimum absolute atomic E-state index is 0.151. The Labute approximate surface area is 176 Å². The van der Waals surface area contributed by atoms with E-state index in [4.69, 9.17) is 16.3 Å². The smallest absolute Gasteiger partial charge is 0.279 e. The Morgan fingerprint density at radius 2 is 1.83 bits per heavy atom. The molecule has 0 bridgehead atoms. The second kappa shape index (κ2) is 8.00. The predicted molar refractivity (Wildman–Crippen MR) is 112 cm³/mol. The van der Waals surface area contributed by atoms with Crippen LogP contribution in [-0.4, -0.2) is 49.5 Å². The van der Waals surface area contributed by atoms with E-state index in [9.17, 15) is 13.2 Å². The highest BCUT2D eigenvalue weighted by molar-refractivity contribution is 7.89. The van der Waals surface area contributed by atoms with Gasteiger partial charge in [-0.3, -0.25) is 4.79 Å². The molecule has 3 aromatic rings. The molecular weight excluding hydrogens is 434 g/mol. The molecule has 10 heteroatoms. The number of hydrogen-bond donors (Lipinski definition) is 0. The van der Waals surface area contributed by atoms with Crippen molar-refractivity contribution in [3.05, 3.63) is 57.9 Å². The number of fused-ring (bicyclic) bond motifs is 1. The van der Waals surface area contributed by atoms with E-state index in [0.717, 1.165) is 10.2 Å². The standard InChI is InChI=1S/C19H18ClN3O4S2/c1-22-16-7-4-14(20)12-17(16)28-19(22)21-18(24)13-2-5-15(6-3-13)29(25,26)23-8-10-27-11-9-23/h2-7,12H,8-11H2,1H3. The number of amides is 1. The van der Waals surface area contributed by atoms with Gasteiger partial charge in [-0.05, 0) is 42.5 Å². The van der Waals surface area contributed by atoms with E-state index in [1.807, 2.05) is 23.7 Å². The molecule has 0 spiro atoms. The fourth-order valence-electron chi connectivity index (χ4n) is 3.07. The maximum atomic E-state index is 12.7. The third-order valence-corrected chi connectivity index (χ3v) is 7.92. The van der Waals surface area contributed by atoms with Gasteiger partial charge in [-0.15, -0.1) is 0 Å². The molecule has 0 aliphatic carbocycles. The van der Waals surface area contributed by atoms with Gasteiger partial charge in [0.05, 0.1) is 28.3 Å². The number of aromatic nitrogens is 1. The lowest BCUT2D eigenvalue weighted by molar-refractivity contribution is 0.0730. The average Bonchev–Trinajstić information content (AvgIpc) is 3.03. The van der Waals surface area contributed by atoms with Crippen molar-refractivity contribution in [3.63, 3.8) is 0 Å². The lowest BCUT2D eigenvalue weighted by atomic mass is 10.2. The number of carbonyl (C=O) groups is 1. The van der Waals surface area contributed by atoms with Crippen molar-refractivity contribution in [2.45, 2.75) is 4.90 Å². The second-order valence-corrected chi connectivity index (χ2v) is 9.90. The SMILES string of the molecule is Cn1c(=NC(=O)c2ccc(S(=O)(=O)N3CCOCC3)cc2)sc2cc(Cl)ccc21. The summed E-state index contributed by atoms with van der Waals surface area (Å²) < 4.78 is 34.7. The highest BCUT2D eigenvalue weighted by atomic mass is 35.5. The lowest BCUT2D eigenvalue weighted by Crippen LogP contribution is -2.40. The van der Waals surface area contributed by atoms with Crippen LogP contribution in [0.2, 0.25) is 5.02 Å². The third-order valence-electron chi connectivity index (χ3n) is 4.68. The fourth-order valence-corrected chi connectivity index (χ4v) is 5.77. The molecule has 1 fully saturated rings. The molecule has 2 heterocycles. The van der Waals surface area contributed by atoms with Crippen molar-refractivity contribution in [2.24, 2.45) is 12.0 Å². The van der Waals surface area contributed by atoms with Gasteiger partial charge in [-0.2, -0.15) is 9.30 Å². The minimum atomic E-state index is -3.59. The Hall–Kier alpha value is -2.04. The summed E-state index contributed by atoms with van der Waals surface area (Å²) in [5, 5.41) is 0.620. The van der Waals surface area contributed by atoms with Crippen molar-refractivity contribution in [1.29, 1.82) is 0 Å². The summed E-state index contributed by atoms with van der Waals surface area (Å²) in [5.74, 6) is -0.437. The van der Waals surface area contributed by atoms with Gasteiger partial charge >= 0.3 is 0 Å². The van der Waals surface area contributed by atoms with Gasteiger partial charge < -0.3 is 9.30 Å². The molecular formula is C19H18ClN3O4S2. The third kappa shape index (κ3) is 4.01. The number of aryl methyl sites for hydroxylation is 1. The molecule has 1 aliphatic heterocycles. The highest BCUT2D eigenvalue weighted by Gasteiger charge is 2.26. The zero-order chi connectivity index (χ0) is 20.6. The number of nitrogens with zero attached hydrogens (tertiary/aromatic N) is 3. The fraction of sp³-hybridized carbons (Fsp3) is 0.263. The van der Waals surface area contributed by atoms with Crippen LogP contribution in [0.4, 0.5) is 0 Å². The number of halogens is 1. The average molecular weight is 452 g/mol. The summed E-state index contributed by atoms with van der Waals surface area (Å²) in [6.45, 7) is 1.41. The molecule has 1 amide bonds. The van der Waals surface area contributed by atoms with Crippen LogP contribution in [0.3, 0.4) is 0 Å². The summed E-state index contributed by atoms with van der Waals surface area (Å²) in [6, 6.07) is 11.4. The first-order valence-corrected chi connectivity index (χ1v) is 11.5. The monoisotopic (exact) mass is 451 g/mol. The summed E-state index contributed by atoms with van der Waals surface area (Å²) in [5.41, 5.74) is 1.25. The Morgan fingerprint density at radius 1 is 1.14 bits per heavy atom. The molecule has 0 atom stereocenters. The van der Waals surface area contributed by atoms with E-state index >= 15 is 0 Å². The molecule has 0 N–H and O–H groups in total. The maximum Gasteiger partial charge on any atom is 0.279 e. The van der Waals surface area contributed by atoms with Crippen LogP contribution >= 0.6 is 22.9 Å². The Balaban J connectivity index is 1.62. The zero-order valence-corrected chi connectivity index (χ0v) is 17.9. The number of carbonyl (C=O) groups excluding carboxylic acids is 1. The van der Waals surface area contributed by atoms with E-state index in [1.54, 1.807) is 6.07 Å². The number of benzene rings is 2. The zero-order valence-electron chi connectivity index (χ0n) is 15.5. The van der Waals surface area contributed by atoms with Gasteiger partial charge in [0.2, 0.25) is 10.0 Å². The summed E-state index contributed by atoms with van der Waals surface area (Å²) in [4.78, 5) is 17.5. The number of sulfonamides is 1. The molecule has 1 saturated heterocycles. The van der Waals surface area contributed by atoms with Crippen LogP contribution in [0.15, 0.2) is 52.4 Å². The Kier molecular flexibility index (Phi) is 5.58. The van der Waals surface area contributed by atoms with Gasteiger partial charge in [0.15, 0.2) is 4.80 Å². The number of hydrogen-bond acceptors (Lipinski definition) is 5. The van der Waals surface area contributed by atoms with Crippen LogP contribution < -0.4 is 4.80 Å². The molecule has 2 aromatic carbocycles. The summed E-state index contributed by atoms with van der Waals surface area (Å²) in [6.07, 6.45) is 0. The quantitative estimate of drug-likeness (QED) is 0.613. The van der Waals surface area contributed by atoms with Crippen molar-refractivity contribution >= 4 is 49.1 Å². The van der Waals surface area contributed by atoms with E-state index in [2.05, 4.69) is 4.99 Å². The van der Waals surface area contributed by atoms with Crippen LogP contribution in [0.25, 0.3) is 10.2 Å². The molecule has 4 rings (SSSR count). The van der Waals surface area contributed by atoms with Gasteiger partial charge in [-0.1, -0.05) is 22.9 Å². The predicted octanol–water partition coefficient (Wildman–Crippen LogP) is 2.66. The molecule has 152 valence electrons. The minimum Gasteiger partial charge on any atom is -0.379 e. The van der Waals surface area contributed by atoms with Crippen molar-refractivity contribution in [2.75, 3.05) is 26.3 Å². The highest BCUT2D eigenvalue weighted by Crippen LogP contribution is 2.21. The number of morpholine rings is 1. The number of ether oxygens (including phenoxy) is 1. The van der Waals surface area contributed by atoms with Crippen LogP contribution in [0.1, 0.15) is 10.4 Å². The van der Waals surface area contributed by atoms with Crippen molar-refractivity contribution < 1.29 is 17.9 Å². The maximum absolute atomic E-state index is 12.7. The summed E-state index contributed by atoms with van der Waals surface area (Å²) in [7, 11) is -1.76. The van der Waals surface area contributed by atoms with Crippen LogP contribution in [0, 0.1) is 0 Å². The van der Waals surface area contributed by atoms with E-state index in [-0.39, 0.29) is 4.90 Å². The lowest BCUT2D eigenvalue weighted by Gasteiger charge is -2.26. The number of rotatable bonds is 3. The van der Waals surface area contributed by atoms with E-state index in [1.165, 1.54) is 39.9 Å². The van der Waals surface area contributed by atoms with E-state index in [0.29, 0.717) is 41.7 Å². The number of thiazole rings is 1. The molecule has 29 heavy (non-hydrogen) atoms. The molecule has 0 saturated carbocycles. The largest absolute Gasteiger partial charge is 0.379 e. The normalized spacial score (nSPS) is 16.4. The molecule has 1 aliphatic rings. The van der Waals surface area contributed by atoms with Crippen molar-refractivity contribution in [1.82, 2.24) is 8.87 Å². The second-order valence-electron chi connectivity index (χ2n) is 6.51. The molecule has 0 unspecified atom stereocenters. The van der Waals surface area contributed by atoms with E-state index < -0.39 is 15.9 Å².